The van der Waals surface area contributed by atoms with E-state index in [4.69, 9.17) is 14.6 Å². The molecule has 0 aromatic carbocycles. The van der Waals surface area contributed by atoms with Crippen molar-refractivity contribution in [2.45, 2.75) is 136 Å². The van der Waals surface area contributed by atoms with Crippen LogP contribution in [0.4, 0.5) is 0 Å². The molecule has 0 heterocycles. The number of hydrogen-bond donors (Lipinski definition) is 1. The average Bonchev–Trinajstić information content (AvgIpc) is 2.69. The summed E-state index contributed by atoms with van der Waals surface area (Å²) >= 11 is 0. The summed E-state index contributed by atoms with van der Waals surface area (Å²) in [7, 11) is 0. The van der Waals surface area contributed by atoms with Crippen LogP contribution in [0.1, 0.15) is 124 Å². The number of carbonyl (C=O) groups is 2. The van der Waals surface area contributed by atoms with Gasteiger partial charge in [-0.15, -0.1) is 0 Å². The van der Waals surface area contributed by atoms with Crippen LogP contribution >= 0.6 is 0 Å². The number of unbranched alkanes of at least 4 members (excludes halogenated alkanes) is 15. The Morgan fingerprint density at radius 3 is 1.41 bits per heavy atom. The summed E-state index contributed by atoms with van der Waals surface area (Å²) in [5.74, 6) is -1.36. The molecule has 1 N–H and O–H groups in total. The molecule has 0 aliphatic heterocycles. The van der Waals surface area contributed by atoms with E-state index in [-0.39, 0.29) is 0 Å². The second kappa shape index (κ2) is 20.2. The fourth-order valence-corrected chi connectivity index (χ4v) is 3.26. The van der Waals surface area contributed by atoms with Crippen LogP contribution in [0.3, 0.4) is 0 Å². The Hall–Kier alpha value is -1.10. The smallest absolute Gasteiger partial charge is 0.347 e. The van der Waals surface area contributed by atoms with Crippen molar-refractivity contribution in [1.82, 2.24) is 0 Å². The summed E-state index contributed by atoms with van der Waals surface area (Å²) in [4.78, 5) is 22.9. The number of ether oxygens (including phenoxy) is 2. The van der Waals surface area contributed by atoms with Crippen molar-refractivity contribution >= 4 is 11.9 Å². The lowest BCUT2D eigenvalue weighted by Crippen LogP contribution is -2.30. The Morgan fingerprint density at radius 2 is 1.03 bits per heavy atom. The van der Waals surface area contributed by atoms with Crippen LogP contribution in [0, 0.1) is 0 Å². The number of carbonyl (C=O) groups excluding carboxylic acids is 2. The van der Waals surface area contributed by atoms with Gasteiger partial charge in [-0.2, -0.15) is 0 Å². The molecule has 5 nitrogen and oxygen atoms in total. The van der Waals surface area contributed by atoms with Gasteiger partial charge in [0.05, 0.1) is 6.61 Å². The quantitative estimate of drug-likeness (QED) is 0.192. The molecule has 0 saturated heterocycles. The molecule has 0 aliphatic carbocycles. The summed E-state index contributed by atoms with van der Waals surface area (Å²) in [5.41, 5.74) is 0. The number of hydrogen-bond acceptors (Lipinski definition) is 5. The van der Waals surface area contributed by atoms with Gasteiger partial charge in [-0.25, -0.2) is 9.59 Å². The number of aliphatic hydroxyl groups excluding tert-OH is 1. The van der Waals surface area contributed by atoms with Crippen molar-refractivity contribution < 1.29 is 24.2 Å². The Labute approximate surface area is 178 Å². The fourth-order valence-electron chi connectivity index (χ4n) is 3.26. The summed E-state index contributed by atoms with van der Waals surface area (Å²) in [6, 6.07) is 0. The zero-order valence-corrected chi connectivity index (χ0v) is 19.3. The molecule has 0 fully saturated rings. The Morgan fingerprint density at radius 1 is 0.655 bits per heavy atom. The molecule has 0 unspecified atom stereocenters. The second-order valence-electron chi connectivity index (χ2n) is 8.23. The zero-order valence-electron chi connectivity index (χ0n) is 19.3. The first-order valence-electron chi connectivity index (χ1n) is 12.0. The molecule has 0 aliphatic rings. The Kier molecular flexibility index (Phi) is 19.4. The minimum absolute atomic E-state index is 0.355. The molecule has 0 rings (SSSR count). The normalized spacial score (nSPS) is 13.1. The number of esters is 2. The van der Waals surface area contributed by atoms with Crippen LogP contribution < -0.4 is 0 Å². The molecular formula is C24H46O5. The van der Waals surface area contributed by atoms with Crippen molar-refractivity contribution in [3.05, 3.63) is 0 Å². The molecule has 29 heavy (non-hydrogen) atoms. The Balaban J connectivity index is 3.29. The van der Waals surface area contributed by atoms with E-state index in [2.05, 4.69) is 6.92 Å². The molecule has 0 aromatic rings. The van der Waals surface area contributed by atoms with Gasteiger partial charge in [0.2, 0.25) is 0 Å². The Bertz CT molecular complexity index is 395. The van der Waals surface area contributed by atoms with Crippen LogP contribution in [-0.4, -0.2) is 35.9 Å². The molecule has 0 aromatic heterocycles. The van der Waals surface area contributed by atoms with Gasteiger partial charge in [-0.1, -0.05) is 103 Å². The number of aliphatic hydroxyl groups is 1. The van der Waals surface area contributed by atoms with Crippen molar-refractivity contribution in [2.24, 2.45) is 0 Å². The van der Waals surface area contributed by atoms with E-state index < -0.39 is 24.1 Å². The molecule has 172 valence electrons. The van der Waals surface area contributed by atoms with E-state index in [9.17, 15) is 9.59 Å². The van der Waals surface area contributed by atoms with E-state index in [0.717, 1.165) is 12.8 Å². The first-order chi connectivity index (χ1) is 14.0. The van der Waals surface area contributed by atoms with E-state index in [1.54, 1.807) is 0 Å². The van der Waals surface area contributed by atoms with Crippen molar-refractivity contribution in [3.63, 3.8) is 0 Å². The molecule has 0 spiro atoms. The first-order valence-corrected chi connectivity index (χ1v) is 12.0. The topological polar surface area (TPSA) is 72.8 Å². The maximum atomic E-state index is 11.7. The first kappa shape index (κ1) is 27.9. The number of rotatable bonds is 20. The molecule has 0 radical (unpaired) electrons. The van der Waals surface area contributed by atoms with Crippen LogP contribution in [0.25, 0.3) is 0 Å². The van der Waals surface area contributed by atoms with E-state index in [1.807, 2.05) is 0 Å². The third-order valence-electron chi connectivity index (χ3n) is 5.21. The van der Waals surface area contributed by atoms with Crippen LogP contribution in [0.15, 0.2) is 0 Å². The van der Waals surface area contributed by atoms with Crippen LogP contribution in [0.2, 0.25) is 0 Å². The minimum atomic E-state index is -1.23. The van der Waals surface area contributed by atoms with Crippen molar-refractivity contribution in [2.75, 3.05) is 6.61 Å². The maximum absolute atomic E-state index is 11.7. The van der Waals surface area contributed by atoms with Crippen molar-refractivity contribution in [3.8, 4) is 0 Å². The molecule has 0 saturated carbocycles. The largest absolute Gasteiger partial charge is 0.463 e. The molecular weight excluding hydrogens is 368 g/mol. The van der Waals surface area contributed by atoms with E-state index >= 15 is 0 Å². The average molecular weight is 415 g/mol. The van der Waals surface area contributed by atoms with E-state index in [1.165, 1.54) is 104 Å². The SMILES string of the molecule is CCCCCCCCCCCCCCCCCCOC(=O)[C@@H](C)OC(=O)[C@H](C)O. The minimum Gasteiger partial charge on any atom is -0.463 e. The van der Waals surface area contributed by atoms with Gasteiger partial charge in [0, 0.05) is 0 Å². The highest BCUT2D eigenvalue weighted by Gasteiger charge is 2.21. The molecule has 5 heteroatoms. The lowest BCUT2D eigenvalue weighted by Gasteiger charge is -2.13. The standard InChI is InChI=1S/C24H46O5/c1-4-5-6-7-8-9-10-11-12-13-14-15-16-17-18-19-20-28-24(27)22(3)29-23(26)21(2)25/h21-22,25H,4-20H2,1-3H3/t21-,22+/m0/s1. The lowest BCUT2D eigenvalue weighted by atomic mass is 10.0. The second-order valence-corrected chi connectivity index (χ2v) is 8.23. The van der Waals surface area contributed by atoms with Crippen molar-refractivity contribution in [1.29, 1.82) is 0 Å². The van der Waals surface area contributed by atoms with Gasteiger partial charge in [0.25, 0.3) is 0 Å². The van der Waals surface area contributed by atoms with Crippen LogP contribution in [-0.2, 0) is 19.1 Å². The van der Waals surface area contributed by atoms with Gasteiger partial charge in [0.1, 0.15) is 6.10 Å². The molecule has 0 bridgehead atoms. The third kappa shape index (κ3) is 18.7. The van der Waals surface area contributed by atoms with Gasteiger partial charge >= 0.3 is 11.9 Å². The van der Waals surface area contributed by atoms with Gasteiger partial charge in [-0.3, -0.25) is 0 Å². The van der Waals surface area contributed by atoms with Gasteiger partial charge in [-0.05, 0) is 20.3 Å². The van der Waals surface area contributed by atoms with Gasteiger partial charge in [0.15, 0.2) is 6.10 Å². The summed E-state index contributed by atoms with van der Waals surface area (Å²) in [6.07, 6.45) is 18.6. The summed E-state index contributed by atoms with van der Waals surface area (Å²) in [5, 5.41) is 9.06. The highest BCUT2D eigenvalue weighted by atomic mass is 16.6. The highest BCUT2D eigenvalue weighted by molar-refractivity contribution is 5.80. The highest BCUT2D eigenvalue weighted by Crippen LogP contribution is 2.13. The molecule has 0 amide bonds. The lowest BCUT2D eigenvalue weighted by molar-refractivity contribution is -0.171. The predicted molar refractivity (Wildman–Crippen MR) is 118 cm³/mol. The fraction of sp³-hybridized carbons (Fsp3) is 0.917. The van der Waals surface area contributed by atoms with Crippen LogP contribution in [0.5, 0.6) is 0 Å². The maximum Gasteiger partial charge on any atom is 0.347 e. The monoisotopic (exact) mass is 414 g/mol. The predicted octanol–water partition coefficient (Wildman–Crippen LogP) is 6.10. The third-order valence-corrected chi connectivity index (χ3v) is 5.21. The summed E-state index contributed by atoms with van der Waals surface area (Å²) < 4.78 is 9.90. The van der Waals surface area contributed by atoms with E-state index in [0.29, 0.717) is 6.61 Å². The zero-order chi connectivity index (χ0) is 21.7. The van der Waals surface area contributed by atoms with Gasteiger partial charge < -0.3 is 14.6 Å². The summed E-state index contributed by atoms with van der Waals surface area (Å²) in [6.45, 7) is 5.38. The molecule has 2 atom stereocenters.